The van der Waals surface area contributed by atoms with Gasteiger partial charge in [0.15, 0.2) is 11.5 Å². The number of anilines is 3. The molecule has 1 atom stereocenters. The number of para-hydroxylation sites is 1. The molecule has 1 aliphatic rings. The molecule has 0 saturated carbocycles. The van der Waals surface area contributed by atoms with Gasteiger partial charge in [0, 0.05) is 32.0 Å². The van der Waals surface area contributed by atoms with Crippen LogP contribution in [-0.2, 0) is 20.9 Å². The van der Waals surface area contributed by atoms with Crippen molar-refractivity contribution in [2.45, 2.75) is 12.6 Å². The van der Waals surface area contributed by atoms with Crippen molar-refractivity contribution in [3.63, 3.8) is 0 Å². The Hall–Kier alpha value is -5.71. The first-order valence-corrected chi connectivity index (χ1v) is 14.4. The second kappa shape index (κ2) is 13.5. The van der Waals surface area contributed by atoms with Gasteiger partial charge < -0.3 is 24.6 Å². The summed E-state index contributed by atoms with van der Waals surface area (Å²) in [4.78, 5) is 58.6. The number of methoxy groups -OCH3 is 2. The number of amides is 3. The first-order chi connectivity index (χ1) is 22.1. The lowest BCUT2D eigenvalue weighted by Crippen LogP contribution is -2.46. The number of carbonyl (C=O) groups excluding carboxylic acids is 4. The van der Waals surface area contributed by atoms with Crippen LogP contribution in [0.4, 0.5) is 21.5 Å². The summed E-state index contributed by atoms with van der Waals surface area (Å²) in [5.41, 5.74) is 2.84. The fraction of sp³-hybridized carbons (Fsp3) is 0.200. The third-order valence-electron chi connectivity index (χ3n) is 7.69. The van der Waals surface area contributed by atoms with Crippen molar-refractivity contribution in [2.24, 2.45) is 0 Å². The lowest BCUT2D eigenvalue weighted by Gasteiger charge is -2.33. The van der Waals surface area contributed by atoms with Gasteiger partial charge in [0.25, 0.3) is 17.6 Å². The van der Waals surface area contributed by atoms with Crippen LogP contribution in [0.2, 0.25) is 0 Å². The summed E-state index contributed by atoms with van der Waals surface area (Å²) in [6.07, 6.45) is 0. The van der Waals surface area contributed by atoms with Crippen molar-refractivity contribution in [3.8, 4) is 11.5 Å². The van der Waals surface area contributed by atoms with Crippen LogP contribution in [0, 0.1) is 5.82 Å². The van der Waals surface area contributed by atoms with Crippen molar-refractivity contribution in [1.82, 2.24) is 4.90 Å². The number of benzene rings is 4. The van der Waals surface area contributed by atoms with E-state index in [1.165, 1.54) is 49.5 Å². The van der Waals surface area contributed by atoms with Crippen LogP contribution in [0.3, 0.4) is 0 Å². The third kappa shape index (κ3) is 6.53. The molecular formula is C35H33FN4O6. The Balaban J connectivity index is 1.58. The Labute approximate surface area is 265 Å². The number of halogens is 1. The van der Waals surface area contributed by atoms with Crippen LogP contribution in [0.1, 0.15) is 27.5 Å². The van der Waals surface area contributed by atoms with Crippen LogP contribution in [0.5, 0.6) is 11.5 Å². The zero-order chi connectivity index (χ0) is 33.0. The van der Waals surface area contributed by atoms with E-state index in [0.29, 0.717) is 34.0 Å². The largest absolute Gasteiger partial charge is 0.493 e. The van der Waals surface area contributed by atoms with Crippen LogP contribution < -0.4 is 24.6 Å². The van der Waals surface area contributed by atoms with E-state index in [9.17, 15) is 23.6 Å². The molecule has 3 amide bonds. The van der Waals surface area contributed by atoms with Crippen molar-refractivity contribution in [1.29, 1.82) is 0 Å². The average molecular weight is 625 g/mol. The van der Waals surface area contributed by atoms with Gasteiger partial charge >= 0.3 is 0 Å². The summed E-state index contributed by atoms with van der Waals surface area (Å²) in [6.45, 7) is -0.639. The minimum atomic E-state index is -1.26. The molecule has 0 aliphatic carbocycles. The van der Waals surface area contributed by atoms with Gasteiger partial charge in [-0.25, -0.2) is 4.39 Å². The van der Waals surface area contributed by atoms with Crippen LogP contribution >= 0.6 is 0 Å². The highest BCUT2D eigenvalue weighted by Crippen LogP contribution is 2.35. The number of hydrogen-bond donors (Lipinski definition) is 1. The van der Waals surface area contributed by atoms with E-state index in [4.69, 9.17) is 9.47 Å². The molecule has 1 heterocycles. The first-order valence-electron chi connectivity index (χ1n) is 14.4. The van der Waals surface area contributed by atoms with Crippen LogP contribution in [-0.4, -0.2) is 63.3 Å². The quantitative estimate of drug-likeness (QED) is 0.238. The van der Waals surface area contributed by atoms with Gasteiger partial charge in [0.05, 0.1) is 25.5 Å². The average Bonchev–Trinajstić information content (AvgIpc) is 3.30. The van der Waals surface area contributed by atoms with Crippen LogP contribution in [0.25, 0.3) is 0 Å². The molecule has 236 valence electrons. The highest BCUT2D eigenvalue weighted by molar-refractivity contribution is 6.52. The zero-order valence-electron chi connectivity index (χ0n) is 25.8. The van der Waals surface area contributed by atoms with E-state index in [1.807, 2.05) is 31.1 Å². The number of fused-ring (bicyclic) bond motifs is 1. The number of nitrogens with one attached hydrogen (secondary N) is 1. The summed E-state index contributed by atoms with van der Waals surface area (Å²) in [7, 11) is 6.74. The van der Waals surface area contributed by atoms with Crippen molar-refractivity contribution in [2.75, 3.05) is 50.0 Å². The van der Waals surface area contributed by atoms with E-state index < -0.39 is 41.9 Å². The number of rotatable bonds is 11. The molecule has 5 rings (SSSR count). The number of hydrogen-bond acceptors (Lipinski definition) is 7. The van der Waals surface area contributed by atoms with E-state index in [0.717, 1.165) is 10.6 Å². The number of ketones is 1. The van der Waals surface area contributed by atoms with E-state index >= 15 is 0 Å². The van der Waals surface area contributed by atoms with E-state index in [2.05, 4.69) is 5.32 Å². The first kappa shape index (κ1) is 31.7. The fourth-order valence-corrected chi connectivity index (χ4v) is 5.29. The summed E-state index contributed by atoms with van der Waals surface area (Å²) in [5.74, 6) is -2.46. The molecule has 10 nitrogen and oxygen atoms in total. The number of carbonyl (C=O) groups is 4. The standard InChI is InChI=1S/C35H33FN4O6/c1-38(2)26-16-14-25(15-17-26)37-34(43)32(23-11-18-29(45-3)30(19-23)46-4)40(20-22-9-12-24(36)13-10-22)31(41)21-39-28-8-6-5-7-27(28)33(42)35(39)44/h5-19,32H,20-21H2,1-4H3,(H,37,43)/t32-/m0/s1. The predicted molar refractivity (Wildman–Crippen MR) is 172 cm³/mol. The summed E-state index contributed by atoms with van der Waals surface area (Å²) in [5, 5.41) is 2.91. The molecule has 0 radical (unpaired) electrons. The molecule has 0 fully saturated rings. The molecule has 11 heteroatoms. The van der Waals surface area contributed by atoms with Crippen LogP contribution in [0.15, 0.2) is 91.0 Å². The van der Waals surface area contributed by atoms with Gasteiger partial charge in [-0.1, -0.05) is 30.3 Å². The topological polar surface area (TPSA) is 108 Å². The predicted octanol–water partition coefficient (Wildman–Crippen LogP) is 4.85. The third-order valence-corrected chi connectivity index (χ3v) is 7.69. The molecule has 4 aromatic carbocycles. The normalized spacial score (nSPS) is 12.8. The lowest BCUT2D eigenvalue weighted by molar-refractivity contribution is -0.139. The number of Topliss-reactive ketones (excluding diaryl/α,β-unsaturated/α-hetero) is 1. The van der Waals surface area contributed by atoms with E-state index in [1.54, 1.807) is 48.5 Å². The monoisotopic (exact) mass is 624 g/mol. The second-order valence-electron chi connectivity index (χ2n) is 10.8. The Morgan fingerprint density at radius 3 is 2.20 bits per heavy atom. The number of nitrogens with zero attached hydrogens (tertiary/aromatic N) is 3. The fourth-order valence-electron chi connectivity index (χ4n) is 5.29. The molecule has 1 N–H and O–H groups in total. The lowest BCUT2D eigenvalue weighted by atomic mass is 10.0. The van der Waals surface area contributed by atoms with Crippen molar-refractivity contribution in [3.05, 3.63) is 114 Å². The highest BCUT2D eigenvalue weighted by atomic mass is 19.1. The molecular weight excluding hydrogens is 591 g/mol. The van der Waals surface area contributed by atoms with Gasteiger partial charge in [-0.3, -0.25) is 24.1 Å². The highest BCUT2D eigenvalue weighted by Gasteiger charge is 2.39. The van der Waals surface area contributed by atoms with Gasteiger partial charge in [-0.05, 0) is 71.8 Å². The Kier molecular flexibility index (Phi) is 9.31. The molecule has 0 bridgehead atoms. The van der Waals surface area contributed by atoms with E-state index in [-0.39, 0.29) is 12.1 Å². The zero-order valence-corrected chi connectivity index (χ0v) is 25.8. The van der Waals surface area contributed by atoms with Gasteiger partial charge in [0.1, 0.15) is 18.4 Å². The summed E-state index contributed by atoms with van der Waals surface area (Å²) >= 11 is 0. The van der Waals surface area contributed by atoms with Crippen molar-refractivity contribution < 1.29 is 33.0 Å². The second-order valence-corrected chi connectivity index (χ2v) is 10.8. The minimum Gasteiger partial charge on any atom is -0.493 e. The molecule has 46 heavy (non-hydrogen) atoms. The molecule has 0 spiro atoms. The minimum absolute atomic E-state index is 0.122. The molecule has 4 aromatic rings. The maximum Gasteiger partial charge on any atom is 0.299 e. The molecule has 1 aliphatic heterocycles. The number of ether oxygens (including phenoxy) is 2. The van der Waals surface area contributed by atoms with Gasteiger partial charge in [-0.15, -0.1) is 0 Å². The smallest absolute Gasteiger partial charge is 0.299 e. The SMILES string of the molecule is COc1ccc([C@@H](C(=O)Nc2ccc(N(C)C)cc2)N(Cc2ccc(F)cc2)C(=O)CN2C(=O)C(=O)c3ccccc32)cc1OC. The Morgan fingerprint density at radius 2 is 1.54 bits per heavy atom. The Bertz CT molecular complexity index is 1780. The molecule has 0 unspecified atom stereocenters. The molecule has 0 saturated heterocycles. The maximum absolute atomic E-state index is 14.3. The summed E-state index contributed by atoms with van der Waals surface area (Å²) < 4.78 is 24.8. The molecule has 0 aromatic heterocycles. The van der Waals surface area contributed by atoms with Gasteiger partial charge in [-0.2, -0.15) is 0 Å². The van der Waals surface area contributed by atoms with Gasteiger partial charge in [0.2, 0.25) is 5.91 Å². The van der Waals surface area contributed by atoms with Crippen molar-refractivity contribution >= 4 is 40.6 Å². The summed E-state index contributed by atoms with van der Waals surface area (Å²) in [6, 6.07) is 22.8. The maximum atomic E-state index is 14.3. The Morgan fingerprint density at radius 1 is 0.870 bits per heavy atom.